The molecule has 112 valence electrons. The van der Waals surface area contributed by atoms with E-state index in [0.717, 1.165) is 4.90 Å². The van der Waals surface area contributed by atoms with Crippen LogP contribution in [0.3, 0.4) is 0 Å². The zero-order chi connectivity index (χ0) is 15.1. The van der Waals surface area contributed by atoms with Gasteiger partial charge in [0.1, 0.15) is 12.3 Å². The first-order chi connectivity index (χ1) is 9.97. The van der Waals surface area contributed by atoms with Crippen molar-refractivity contribution in [2.24, 2.45) is 5.92 Å². The van der Waals surface area contributed by atoms with E-state index in [1.165, 1.54) is 0 Å². The van der Waals surface area contributed by atoms with Crippen LogP contribution in [0.15, 0.2) is 24.3 Å². The van der Waals surface area contributed by atoms with Crippen molar-refractivity contribution in [2.75, 3.05) is 10.6 Å². The zero-order valence-corrected chi connectivity index (χ0v) is 11.1. The van der Waals surface area contributed by atoms with E-state index in [1.54, 1.807) is 24.3 Å². The van der Waals surface area contributed by atoms with Crippen molar-refractivity contribution in [3.05, 3.63) is 24.3 Å². The largest absolute Gasteiger partial charge is 0.399 e. The number of carbonyl (C=O) groups excluding carboxylic acids is 2. The van der Waals surface area contributed by atoms with Gasteiger partial charge in [-0.3, -0.25) is 4.79 Å². The smallest absolute Gasteiger partial charge is 0.328 e. The number of nitrogens with zero attached hydrogens (tertiary/aromatic N) is 1. The number of hydrogen-bond acceptors (Lipinski definition) is 3. The topological polar surface area (TPSA) is 75.4 Å². The van der Waals surface area contributed by atoms with Crippen molar-refractivity contribution in [3.63, 3.8) is 0 Å². The van der Waals surface area contributed by atoms with Crippen LogP contribution in [0.25, 0.3) is 0 Å². The highest BCUT2D eigenvalue weighted by atomic mass is 19.2. The Morgan fingerprint density at radius 3 is 2.38 bits per heavy atom. The number of anilines is 2. The fourth-order valence-corrected chi connectivity index (χ4v) is 2.90. The van der Waals surface area contributed by atoms with Gasteiger partial charge in [0.15, 0.2) is 0 Å². The average Bonchev–Trinajstić information content (AvgIpc) is 2.43. The number of nitrogens with two attached hydrogens (primary N) is 1. The van der Waals surface area contributed by atoms with Crippen LogP contribution < -0.4 is 16.0 Å². The molecule has 4 atom stereocenters. The molecular weight excluding hydrogens is 280 g/mol. The maximum absolute atomic E-state index is 13.5. The molecule has 1 saturated heterocycles. The lowest BCUT2D eigenvalue weighted by atomic mass is 9.80. The highest BCUT2D eigenvalue weighted by Gasteiger charge is 2.48. The lowest BCUT2D eigenvalue weighted by Crippen LogP contribution is -2.63. The van der Waals surface area contributed by atoms with Gasteiger partial charge in [0.05, 0.1) is 11.6 Å². The standard InChI is InChI=1S/C14H15F2N3O2/c15-10-5-9-12(6-11(10)16)18-14(21)19(13(9)20)8-3-1-7(17)2-4-8/h1-4,9-12H,5-6,17H2,(H,18,21). The molecule has 3 rings (SSSR count). The Hall–Kier alpha value is -2.18. The second-order valence-electron chi connectivity index (χ2n) is 5.43. The van der Waals surface area contributed by atoms with E-state index in [9.17, 15) is 18.4 Å². The summed E-state index contributed by atoms with van der Waals surface area (Å²) >= 11 is 0. The highest BCUT2D eigenvalue weighted by molar-refractivity contribution is 6.17. The summed E-state index contributed by atoms with van der Waals surface area (Å²) in [5.41, 5.74) is 6.44. The van der Waals surface area contributed by atoms with Gasteiger partial charge in [-0.05, 0) is 30.7 Å². The Morgan fingerprint density at radius 1 is 1.10 bits per heavy atom. The van der Waals surface area contributed by atoms with Gasteiger partial charge in [-0.15, -0.1) is 0 Å². The summed E-state index contributed by atoms with van der Waals surface area (Å²) in [4.78, 5) is 25.5. The predicted octanol–water partition coefficient (Wildman–Crippen LogP) is 1.78. The minimum Gasteiger partial charge on any atom is -0.399 e. The van der Waals surface area contributed by atoms with Crippen LogP contribution in [0, 0.1) is 5.92 Å². The summed E-state index contributed by atoms with van der Waals surface area (Å²) in [5.74, 6) is -1.23. The van der Waals surface area contributed by atoms with Crippen LogP contribution in [0.4, 0.5) is 25.0 Å². The summed E-state index contributed by atoms with van der Waals surface area (Å²) < 4.78 is 26.9. The number of nitrogen functional groups attached to an aromatic ring is 1. The Bertz CT molecular complexity index is 578. The van der Waals surface area contributed by atoms with E-state index in [-0.39, 0.29) is 12.8 Å². The number of rotatable bonds is 1. The molecule has 3 amide bonds. The third-order valence-corrected chi connectivity index (χ3v) is 4.04. The van der Waals surface area contributed by atoms with Crippen LogP contribution in [-0.4, -0.2) is 30.3 Å². The van der Waals surface area contributed by atoms with Gasteiger partial charge in [-0.2, -0.15) is 0 Å². The van der Waals surface area contributed by atoms with E-state index in [0.29, 0.717) is 11.4 Å². The van der Waals surface area contributed by atoms with Gasteiger partial charge in [0, 0.05) is 18.2 Å². The minimum atomic E-state index is -1.67. The molecule has 1 saturated carbocycles. The molecule has 7 heteroatoms. The average molecular weight is 295 g/mol. The Balaban J connectivity index is 1.88. The Kier molecular flexibility index (Phi) is 3.27. The minimum absolute atomic E-state index is 0.168. The highest BCUT2D eigenvalue weighted by Crippen LogP contribution is 2.34. The lowest BCUT2D eigenvalue weighted by molar-refractivity contribution is -0.126. The van der Waals surface area contributed by atoms with Gasteiger partial charge in [-0.1, -0.05) is 0 Å². The number of alkyl halides is 2. The third kappa shape index (κ3) is 2.32. The molecule has 0 spiro atoms. The molecule has 2 aliphatic rings. The Labute approximate surface area is 120 Å². The molecule has 21 heavy (non-hydrogen) atoms. The molecule has 1 aromatic rings. The molecule has 0 aromatic heterocycles. The normalized spacial score (nSPS) is 32.6. The first-order valence-electron chi connectivity index (χ1n) is 6.75. The maximum atomic E-state index is 13.5. The van der Waals surface area contributed by atoms with Gasteiger partial charge in [0.25, 0.3) is 0 Å². The van der Waals surface area contributed by atoms with Gasteiger partial charge >= 0.3 is 6.03 Å². The molecule has 0 bridgehead atoms. The predicted molar refractivity (Wildman–Crippen MR) is 73.2 cm³/mol. The number of hydrogen-bond donors (Lipinski definition) is 2. The number of halogens is 2. The van der Waals surface area contributed by atoms with E-state index in [4.69, 9.17) is 5.73 Å². The van der Waals surface area contributed by atoms with Gasteiger partial charge in [0.2, 0.25) is 5.91 Å². The van der Waals surface area contributed by atoms with Crippen molar-refractivity contribution < 1.29 is 18.4 Å². The summed E-state index contributed by atoms with van der Waals surface area (Å²) in [6, 6.07) is 4.96. The molecule has 1 heterocycles. The van der Waals surface area contributed by atoms with Crippen molar-refractivity contribution in [2.45, 2.75) is 31.2 Å². The van der Waals surface area contributed by atoms with Crippen LogP contribution in [0.2, 0.25) is 0 Å². The van der Waals surface area contributed by atoms with Crippen molar-refractivity contribution in [3.8, 4) is 0 Å². The van der Waals surface area contributed by atoms with Crippen LogP contribution >= 0.6 is 0 Å². The van der Waals surface area contributed by atoms with Crippen molar-refractivity contribution in [1.82, 2.24) is 5.32 Å². The molecule has 0 radical (unpaired) electrons. The molecule has 1 aromatic carbocycles. The summed E-state index contributed by atoms with van der Waals surface area (Å²) in [6.45, 7) is 0. The molecule has 5 nitrogen and oxygen atoms in total. The maximum Gasteiger partial charge on any atom is 0.328 e. The first-order valence-corrected chi connectivity index (χ1v) is 6.75. The lowest BCUT2D eigenvalue weighted by Gasteiger charge is -2.41. The third-order valence-electron chi connectivity index (χ3n) is 4.04. The fourth-order valence-electron chi connectivity index (χ4n) is 2.90. The molecule has 4 unspecified atom stereocenters. The summed E-state index contributed by atoms with van der Waals surface area (Å²) in [6.07, 6.45) is -3.68. The monoisotopic (exact) mass is 295 g/mol. The van der Waals surface area contributed by atoms with Crippen LogP contribution in [-0.2, 0) is 4.79 Å². The fraction of sp³-hybridized carbons (Fsp3) is 0.429. The number of nitrogens with one attached hydrogen (secondary N) is 1. The second-order valence-corrected chi connectivity index (χ2v) is 5.43. The number of amides is 3. The molecule has 1 aliphatic heterocycles. The first kappa shape index (κ1) is 13.8. The second kappa shape index (κ2) is 4.98. The SMILES string of the molecule is Nc1ccc(N2C(=O)NC3CC(F)C(F)CC3C2=O)cc1. The van der Waals surface area contributed by atoms with Crippen molar-refractivity contribution >= 4 is 23.3 Å². The molecule has 3 N–H and O–H groups in total. The van der Waals surface area contributed by atoms with Gasteiger partial charge < -0.3 is 11.1 Å². The Morgan fingerprint density at radius 2 is 1.71 bits per heavy atom. The number of urea groups is 1. The van der Waals surface area contributed by atoms with E-state index in [2.05, 4.69) is 5.32 Å². The summed E-state index contributed by atoms with van der Waals surface area (Å²) in [7, 11) is 0. The van der Waals surface area contributed by atoms with Crippen LogP contribution in [0.1, 0.15) is 12.8 Å². The number of imide groups is 1. The van der Waals surface area contributed by atoms with Gasteiger partial charge in [-0.25, -0.2) is 18.5 Å². The molecule has 1 aliphatic carbocycles. The van der Waals surface area contributed by atoms with Crippen molar-refractivity contribution in [1.29, 1.82) is 0 Å². The summed E-state index contributed by atoms with van der Waals surface area (Å²) in [5, 5.41) is 2.59. The number of carbonyl (C=O) groups is 2. The van der Waals surface area contributed by atoms with E-state index >= 15 is 0 Å². The van der Waals surface area contributed by atoms with E-state index in [1.807, 2.05) is 0 Å². The molecular formula is C14H15F2N3O2. The number of fused-ring (bicyclic) bond motifs is 1. The number of benzene rings is 1. The quantitative estimate of drug-likeness (QED) is 0.775. The molecule has 2 fully saturated rings. The van der Waals surface area contributed by atoms with E-state index < -0.39 is 36.2 Å². The van der Waals surface area contributed by atoms with Crippen LogP contribution in [0.5, 0.6) is 0 Å². The zero-order valence-electron chi connectivity index (χ0n) is 11.1.